The molecule has 1 aromatic heterocycles. The van der Waals surface area contributed by atoms with Crippen LogP contribution in [0.3, 0.4) is 0 Å². The number of benzene rings is 1. The number of aromatic amines is 1. The van der Waals surface area contributed by atoms with Gasteiger partial charge in [0.2, 0.25) is 4.77 Å². The van der Waals surface area contributed by atoms with Crippen LogP contribution in [-0.4, -0.2) is 21.1 Å². The highest BCUT2D eigenvalue weighted by Gasteiger charge is 2.01. The van der Waals surface area contributed by atoms with E-state index in [0.717, 1.165) is 0 Å². The third-order valence-electron chi connectivity index (χ3n) is 2.09. The molecule has 0 aliphatic carbocycles. The predicted octanol–water partition coefficient (Wildman–Crippen LogP) is 2.92. The lowest BCUT2D eigenvalue weighted by Crippen LogP contribution is -1.94. The average Bonchev–Trinajstić information content (AvgIpc) is 2.58. The molecular weight excluding hydrogens is 263 g/mol. The van der Waals surface area contributed by atoms with Gasteiger partial charge in [-0.3, -0.25) is 5.10 Å². The quantitative estimate of drug-likeness (QED) is 0.674. The minimum Gasteiger partial charge on any atom is -0.250 e. The molecule has 2 rings (SSSR count). The van der Waals surface area contributed by atoms with E-state index in [1.165, 1.54) is 23.0 Å². The second-order valence-corrected chi connectivity index (χ2v) is 4.09. The first kappa shape index (κ1) is 11.9. The largest absolute Gasteiger partial charge is 0.250 e. The normalized spacial score (nSPS) is 11.2. The summed E-state index contributed by atoms with van der Waals surface area (Å²) in [5.74, 6) is 0.243. The van der Waals surface area contributed by atoms with Gasteiger partial charge in [-0.1, -0.05) is 11.6 Å². The van der Waals surface area contributed by atoms with Gasteiger partial charge in [0, 0.05) is 5.56 Å². The van der Waals surface area contributed by atoms with Crippen molar-refractivity contribution in [2.24, 2.45) is 5.10 Å². The molecule has 0 bridgehead atoms. The summed E-state index contributed by atoms with van der Waals surface area (Å²) in [5, 5.41) is 10.9. The Morgan fingerprint density at radius 2 is 2.35 bits per heavy atom. The molecule has 0 spiro atoms. The molecule has 0 amide bonds. The van der Waals surface area contributed by atoms with E-state index in [-0.39, 0.29) is 5.82 Å². The van der Waals surface area contributed by atoms with Gasteiger partial charge in [0.05, 0.1) is 11.2 Å². The van der Waals surface area contributed by atoms with E-state index in [2.05, 4.69) is 15.3 Å². The van der Waals surface area contributed by atoms with Crippen LogP contribution in [0.5, 0.6) is 0 Å². The lowest BCUT2D eigenvalue weighted by Gasteiger charge is -1.98. The fourth-order valence-corrected chi connectivity index (χ4v) is 1.67. The Hall–Kier alpha value is -1.53. The third-order valence-corrected chi connectivity index (χ3v) is 2.68. The van der Waals surface area contributed by atoms with Gasteiger partial charge in [0.15, 0.2) is 0 Å². The molecule has 2 aromatic rings. The number of H-pyrrole nitrogens is 1. The summed E-state index contributed by atoms with van der Waals surface area (Å²) in [4.78, 5) is 0. The molecule has 0 aliphatic rings. The van der Waals surface area contributed by atoms with Gasteiger partial charge in [-0.05, 0) is 37.3 Å². The van der Waals surface area contributed by atoms with Crippen molar-refractivity contribution in [2.45, 2.75) is 6.92 Å². The fourth-order valence-electron chi connectivity index (χ4n) is 1.23. The Morgan fingerprint density at radius 1 is 1.59 bits per heavy atom. The monoisotopic (exact) mass is 270 g/mol. The summed E-state index contributed by atoms with van der Waals surface area (Å²) in [6, 6.07) is 4.08. The number of aryl methyl sites for hydroxylation is 1. The number of hydrogen-bond donors (Lipinski definition) is 1. The van der Waals surface area contributed by atoms with Crippen molar-refractivity contribution in [1.82, 2.24) is 14.9 Å². The van der Waals surface area contributed by atoms with Crippen molar-refractivity contribution in [1.29, 1.82) is 0 Å². The molecule has 0 atom stereocenters. The predicted molar refractivity (Wildman–Crippen MR) is 66.6 cm³/mol. The minimum atomic E-state index is -0.386. The molecule has 0 saturated carbocycles. The molecule has 1 heterocycles. The zero-order chi connectivity index (χ0) is 12.4. The molecular formula is C10H8ClFN4S. The topological polar surface area (TPSA) is 46.0 Å². The first-order valence-electron chi connectivity index (χ1n) is 4.71. The van der Waals surface area contributed by atoms with Crippen LogP contribution < -0.4 is 0 Å². The van der Waals surface area contributed by atoms with Crippen LogP contribution in [0.4, 0.5) is 4.39 Å². The van der Waals surface area contributed by atoms with E-state index >= 15 is 0 Å². The first-order chi connectivity index (χ1) is 8.08. The summed E-state index contributed by atoms with van der Waals surface area (Å²) >= 11 is 10.8. The van der Waals surface area contributed by atoms with Gasteiger partial charge >= 0.3 is 0 Å². The summed E-state index contributed by atoms with van der Waals surface area (Å²) in [6.07, 6.45) is 1.50. The molecule has 1 N–H and O–H groups in total. The highest BCUT2D eigenvalue weighted by molar-refractivity contribution is 7.71. The maximum Gasteiger partial charge on any atom is 0.216 e. The van der Waals surface area contributed by atoms with Gasteiger partial charge in [-0.25, -0.2) is 4.39 Å². The molecule has 0 aliphatic heterocycles. The smallest absolute Gasteiger partial charge is 0.216 e. The van der Waals surface area contributed by atoms with Crippen LogP contribution in [0.15, 0.2) is 23.3 Å². The second kappa shape index (κ2) is 4.77. The maximum atomic E-state index is 12.8. The van der Waals surface area contributed by atoms with Gasteiger partial charge in [0.1, 0.15) is 11.6 Å². The number of aromatic nitrogens is 3. The molecule has 0 saturated heterocycles. The lowest BCUT2D eigenvalue weighted by molar-refractivity contribution is 0.628. The lowest BCUT2D eigenvalue weighted by atomic mass is 10.2. The van der Waals surface area contributed by atoms with Crippen molar-refractivity contribution in [3.63, 3.8) is 0 Å². The van der Waals surface area contributed by atoms with Crippen LogP contribution in [0.25, 0.3) is 0 Å². The Balaban J connectivity index is 2.36. The number of hydrogen-bond acceptors (Lipinski definition) is 3. The van der Waals surface area contributed by atoms with E-state index in [1.54, 1.807) is 13.0 Å². The summed E-state index contributed by atoms with van der Waals surface area (Å²) in [6.45, 7) is 1.76. The van der Waals surface area contributed by atoms with E-state index in [9.17, 15) is 4.39 Å². The van der Waals surface area contributed by atoms with Crippen LogP contribution in [0, 0.1) is 17.5 Å². The first-order valence-corrected chi connectivity index (χ1v) is 5.50. The van der Waals surface area contributed by atoms with E-state index in [1.807, 2.05) is 0 Å². The average molecular weight is 271 g/mol. The molecule has 1 aromatic carbocycles. The second-order valence-electron chi connectivity index (χ2n) is 3.30. The summed E-state index contributed by atoms with van der Waals surface area (Å²) in [5.41, 5.74) is 0.607. The standard InChI is InChI=1S/C10H8ClFN4S/c1-6-14-15-10(17)16(6)13-5-7-2-3-8(12)4-9(7)11/h2-5H,1H3,(H,15,17). The Labute approximate surface area is 107 Å². The zero-order valence-electron chi connectivity index (χ0n) is 8.82. The Kier molecular flexibility index (Phi) is 3.35. The van der Waals surface area contributed by atoms with Gasteiger partial charge in [-0.15, -0.1) is 0 Å². The van der Waals surface area contributed by atoms with Crippen molar-refractivity contribution in [3.05, 3.63) is 45.2 Å². The molecule has 4 nitrogen and oxygen atoms in total. The number of nitrogens with one attached hydrogen (secondary N) is 1. The Morgan fingerprint density at radius 3 is 2.94 bits per heavy atom. The van der Waals surface area contributed by atoms with Crippen LogP contribution in [-0.2, 0) is 0 Å². The van der Waals surface area contributed by atoms with E-state index < -0.39 is 0 Å². The van der Waals surface area contributed by atoms with E-state index in [4.69, 9.17) is 23.8 Å². The van der Waals surface area contributed by atoms with Crippen molar-refractivity contribution in [2.75, 3.05) is 0 Å². The maximum absolute atomic E-state index is 12.8. The number of halogens is 2. The highest BCUT2D eigenvalue weighted by Crippen LogP contribution is 2.15. The number of rotatable bonds is 2. The van der Waals surface area contributed by atoms with Crippen molar-refractivity contribution < 1.29 is 4.39 Å². The third kappa shape index (κ3) is 2.59. The van der Waals surface area contributed by atoms with Crippen LogP contribution in [0.2, 0.25) is 5.02 Å². The summed E-state index contributed by atoms with van der Waals surface area (Å²) < 4.78 is 14.7. The van der Waals surface area contributed by atoms with Gasteiger partial charge < -0.3 is 0 Å². The Bertz CT molecular complexity index is 631. The van der Waals surface area contributed by atoms with Crippen LogP contribution >= 0.6 is 23.8 Å². The van der Waals surface area contributed by atoms with Crippen molar-refractivity contribution in [3.8, 4) is 0 Å². The molecule has 0 fully saturated rings. The molecule has 0 unspecified atom stereocenters. The highest BCUT2D eigenvalue weighted by atomic mass is 35.5. The van der Waals surface area contributed by atoms with E-state index in [0.29, 0.717) is 21.2 Å². The molecule has 7 heteroatoms. The SMILES string of the molecule is Cc1n[nH]c(=S)n1N=Cc1ccc(F)cc1Cl. The number of nitrogens with zero attached hydrogens (tertiary/aromatic N) is 3. The van der Waals surface area contributed by atoms with Gasteiger partial charge in [0.25, 0.3) is 0 Å². The summed E-state index contributed by atoms with van der Waals surface area (Å²) in [7, 11) is 0. The fraction of sp³-hybridized carbons (Fsp3) is 0.100. The molecule has 17 heavy (non-hydrogen) atoms. The van der Waals surface area contributed by atoms with Gasteiger partial charge in [-0.2, -0.15) is 14.9 Å². The zero-order valence-corrected chi connectivity index (χ0v) is 10.4. The van der Waals surface area contributed by atoms with Crippen LogP contribution in [0.1, 0.15) is 11.4 Å². The molecule has 0 radical (unpaired) electrons. The minimum absolute atomic E-state index is 0.293. The molecule has 88 valence electrons. The van der Waals surface area contributed by atoms with Crippen molar-refractivity contribution >= 4 is 30.0 Å².